The molecular formula is C13H16F2N2O4S2. The second-order valence-corrected chi connectivity index (χ2v) is 9.15. The fraction of sp³-hybridized carbons (Fsp3) is 0.538. The largest absolute Gasteiger partial charge is 0.324 e. The predicted molar refractivity (Wildman–Crippen MR) is 84.5 cm³/mol. The van der Waals surface area contributed by atoms with Crippen molar-refractivity contribution in [1.82, 2.24) is 4.57 Å². The van der Waals surface area contributed by atoms with E-state index < -0.39 is 43.6 Å². The third kappa shape index (κ3) is 4.31. The molecule has 1 fully saturated rings. The van der Waals surface area contributed by atoms with E-state index in [-0.39, 0.29) is 12.2 Å². The highest BCUT2D eigenvalue weighted by molar-refractivity contribution is 8.14. The average molecular weight is 366 g/mol. The first-order valence-electron chi connectivity index (χ1n) is 6.83. The van der Waals surface area contributed by atoms with E-state index in [1.807, 2.05) is 0 Å². The van der Waals surface area contributed by atoms with Gasteiger partial charge in [-0.3, -0.25) is 9.59 Å². The summed E-state index contributed by atoms with van der Waals surface area (Å²) in [4.78, 5) is 23.6. The van der Waals surface area contributed by atoms with Crippen molar-refractivity contribution in [2.75, 3.05) is 18.2 Å². The first-order chi connectivity index (χ1) is 10.7. The molecule has 0 aromatic carbocycles. The Labute approximate surface area is 136 Å². The molecule has 2 heterocycles. The molecule has 2 atom stereocenters. The van der Waals surface area contributed by atoms with Crippen molar-refractivity contribution in [3.8, 4) is 0 Å². The second kappa shape index (κ2) is 7.00. The Bertz CT molecular complexity index is 764. The molecule has 1 aromatic heterocycles. The Hall–Kier alpha value is -1.42. The number of anilines is 1. The molecule has 1 aliphatic rings. The van der Waals surface area contributed by atoms with Gasteiger partial charge in [0, 0.05) is 18.5 Å². The number of rotatable bonds is 5. The molecule has 1 N–H and O–H groups in total. The number of amides is 1. The van der Waals surface area contributed by atoms with E-state index >= 15 is 0 Å². The SMILES string of the molecule is CS(=O)(=O)C1CCC(C(=O)Nc2cc(F)c(=O)n(CCF)c2)S1. The van der Waals surface area contributed by atoms with Crippen LogP contribution in [0.2, 0.25) is 0 Å². The van der Waals surface area contributed by atoms with Crippen LogP contribution in [-0.4, -0.2) is 41.7 Å². The van der Waals surface area contributed by atoms with Crippen molar-refractivity contribution in [2.24, 2.45) is 0 Å². The van der Waals surface area contributed by atoms with Crippen molar-refractivity contribution in [3.05, 3.63) is 28.4 Å². The van der Waals surface area contributed by atoms with E-state index in [0.717, 1.165) is 34.8 Å². The molecule has 128 valence electrons. The van der Waals surface area contributed by atoms with Gasteiger partial charge in [-0.25, -0.2) is 17.2 Å². The van der Waals surface area contributed by atoms with Crippen LogP contribution in [-0.2, 0) is 21.2 Å². The van der Waals surface area contributed by atoms with E-state index in [9.17, 15) is 26.8 Å². The number of halogens is 2. The smallest absolute Gasteiger partial charge is 0.286 e. The molecule has 1 saturated heterocycles. The summed E-state index contributed by atoms with van der Waals surface area (Å²) in [7, 11) is -3.23. The summed E-state index contributed by atoms with van der Waals surface area (Å²) in [6.45, 7) is -1.15. The van der Waals surface area contributed by atoms with Gasteiger partial charge in [-0.05, 0) is 12.8 Å². The highest BCUT2D eigenvalue weighted by atomic mass is 32.3. The maximum atomic E-state index is 13.5. The number of carbonyl (C=O) groups excluding carboxylic acids is 1. The number of aryl methyl sites for hydroxylation is 1. The number of alkyl halides is 1. The predicted octanol–water partition coefficient (Wildman–Crippen LogP) is 1.16. The number of thioether (sulfide) groups is 1. The van der Waals surface area contributed by atoms with Gasteiger partial charge < -0.3 is 9.88 Å². The summed E-state index contributed by atoms with van der Waals surface area (Å²) in [6.07, 6.45) is 3.04. The molecular weight excluding hydrogens is 350 g/mol. The molecule has 0 bridgehead atoms. The van der Waals surface area contributed by atoms with Gasteiger partial charge in [-0.15, -0.1) is 11.8 Å². The van der Waals surface area contributed by atoms with Crippen molar-refractivity contribution in [1.29, 1.82) is 0 Å². The lowest BCUT2D eigenvalue weighted by atomic mass is 10.2. The van der Waals surface area contributed by atoms with Gasteiger partial charge in [0.15, 0.2) is 15.7 Å². The molecule has 1 aliphatic heterocycles. The topological polar surface area (TPSA) is 85.2 Å². The summed E-state index contributed by atoms with van der Waals surface area (Å²) < 4.78 is 49.0. The summed E-state index contributed by atoms with van der Waals surface area (Å²) in [5.74, 6) is -1.56. The third-order valence-electron chi connectivity index (χ3n) is 3.39. The van der Waals surface area contributed by atoms with E-state index in [0.29, 0.717) is 12.8 Å². The van der Waals surface area contributed by atoms with Crippen molar-refractivity contribution in [2.45, 2.75) is 29.2 Å². The molecule has 0 radical (unpaired) electrons. The second-order valence-electron chi connectivity index (χ2n) is 5.21. The fourth-order valence-electron chi connectivity index (χ4n) is 2.26. The number of aromatic nitrogens is 1. The molecule has 1 amide bonds. The number of sulfone groups is 1. The molecule has 0 spiro atoms. The number of nitrogens with one attached hydrogen (secondary N) is 1. The normalized spacial score (nSPS) is 21.3. The highest BCUT2D eigenvalue weighted by Gasteiger charge is 2.36. The summed E-state index contributed by atoms with van der Waals surface area (Å²) in [5, 5.41) is 1.88. The van der Waals surface area contributed by atoms with Gasteiger partial charge in [-0.1, -0.05) is 0 Å². The Balaban J connectivity index is 2.11. The molecule has 0 aliphatic carbocycles. The van der Waals surface area contributed by atoms with Crippen LogP contribution in [0, 0.1) is 5.82 Å². The van der Waals surface area contributed by atoms with Gasteiger partial charge in [0.25, 0.3) is 5.56 Å². The number of hydrogen-bond donors (Lipinski definition) is 1. The van der Waals surface area contributed by atoms with Crippen LogP contribution >= 0.6 is 11.8 Å². The van der Waals surface area contributed by atoms with E-state index in [1.54, 1.807) is 0 Å². The van der Waals surface area contributed by atoms with Crippen LogP contribution in [0.1, 0.15) is 12.8 Å². The molecule has 0 saturated carbocycles. The zero-order chi connectivity index (χ0) is 17.2. The minimum absolute atomic E-state index is 0.0314. The van der Waals surface area contributed by atoms with Crippen LogP contribution < -0.4 is 10.9 Å². The number of nitrogens with zero attached hydrogens (tertiary/aromatic N) is 1. The zero-order valence-electron chi connectivity index (χ0n) is 12.3. The van der Waals surface area contributed by atoms with Crippen molar-refractivity contribution < 1.29 is 22.0 Å². The van der Waals surface area contributed by atoms with Crippen molar-refractivity contribution in [3.63, 3.8) is 0 Å². The number of hydrogen-bond acceptors (Lipinski definition) is 5. The fourth-order valence-corrected chi connectivity index (χ4v) is 5.13. The zero-order valence-corrected chi connectivity index (χ0v) is 13.9. The lowest BCUT2D eigenvalue weighted by Gasteiger charge is -2.12. The minimum Gasteiger partial charge on any atom is -0.324 e. The van der Waals surface area contributed by atoms with Crippen LogP contribution in [0.5, 0.6) is 0 Å². The third-order valence-corrected chi connectivity index (χ3v) is 7.28. The van der Waals surface area contributed by atoms with Gasteiger partial charge in [0.1, 0.15) is 11.3 Å². The quantitative estimate of drug-likeness (QED) is 0.845. The maximum absolute atomic E-state index is 13.5. The van der Waals surface area contributed by atoms with Crippen LogP contribution in [0.4, 0.5) is 14.5 Å². The Morgan fingerprint density at radius 1 is 1.48 bits per heavy atom. The van der Waals surface area contributed by atoms with Crippen LogP contribution in [0.15, 0.2) is 17.1 Å². The van der Waals surface area contributed by atoms with Gasteiger partial charge in [-0.2, -0.15) is 0 Å². The van der Waals surface area contributed by atoms with E-state index in [4.69, 9.17) is 0 Å². The summed E-state index contributed by atoms with van der Waals surface area (Å²) >= 11 is 1.04. The summed E-state index contributed by atoms with van der Waals surface area (Å²) in [5.41, 5.74) is -0.933. The lowest BCUT2D eigenvalue weighted by Crippen LogP contribution is -2.27. The van der Waals surface area contributed by atoms with Crippen LogP contribution in [0.3, 0.4) is 0 Å². The van der Waals surface area contributed by atoms with Gasteiger partial charge in [0.2, 0.25) is 5.91 Å². The number of pyridine rings is 1. The average Bonchev–Trinajstić information content (AvgIpc) is 2.94. The van der Waals surface area contributed by atoms with Crippen molar-refractivity contribution >= 4 is 33.2 Å². The highest BCUT2D eigenvalue weighted by Crippen LogP contribution is 2.37. The molecule has 10 heteroatoms. The minimum atomic E-state index is -3.23. The maximum Gasteiger partial charge on any atom is 0.286 e. The molecule has 2 unspecified atom stereocenters. The molecule has 23 heavy (non-hydrogen) atoms. The van der Waals surface area contributed by atoms with E-state index in [1.165, 1.54) is 0 Å². The Morgan fingerprint density at radius 2 is 2.17 bits per heavy atom. The van der Waals surface area contributed by atoms with E-state index in [2.05, 4.69) is 5.32 Å². The first-order valence-corrected chi connectivity index (χ1v) is 9.73. The summed E-state index contributed by atoms with van der Waals surface area (Å²) in [6, 6.07) is 0.864. The number of carbonyl (C=O) groups is 1. The van der Waals surface area contributed by atoms with Crippen LogP contribution in [0.25, 0.3) is 0 Å². The first kappa shape index (κ1) is 17.9. The molecule has 1 aromatic rings. The monoisotopic (exact) mass is 366 g/mol. The lowest BCUT2D eigenvalue weighted by molar-refractivity contribution is -0.115. The van der Waals surface area contributed by atoms with Gasteiger partial charge >= 0.3 is 0 Å². The standard InChI is InChI=1S/C13H16F2N2O4S2/c1-23(20,21)11-3-2-10(22-11)12(18)16-8-6-9(15)13(19)17(7-8)5-4-14/h6-7,10-11H,2-5H2,1H3,(H,16,18). The van der Waals surface area contributed by atoms with Gasteiger partial charge in [0.05, 0.1) is 17.5 Å². The Kier molecular flexibility index (Phi) is 5.45. The molecule has 2 rings (SSSR count). The Morgan fingerprint density at radius 3 is 2.74 bits per heavy atom. The molecule has 6 nitrogen and oxygen atoms in total.